The molecule has 4 nitrogen and oxygen atoms in total. The van der Waals surface area contributed by atoms with E-state index in [4.69, 9.17) is 16.6 Å². The highest BCUT2D eigenvalue weighted by atomic mass is 35.5. The van der Waals surface area contributed by atoms with Gasteiger partial charge in [-0.25, -0.2) is 9.97 Å². The molecule has 0 aliphatic carbocycles. The first-order valence-corrected chi connectivity index (χ1v) is 8.42. The lowest BCUT2D eigenvalue weighted by Gasteiger charge is -2.26. The third-order valence-electron chi connectivity index (χ3n) is 4.54. The van der Waals surface area contributed by atoms with Crippen LogP contribution in [-0.2, 0) is 0 Å². The van der Waals surface area contributed by atoms with Crippen LogP contribution >= 0.6 is 11.6 Å². The number of benzene rings is 1. The van der Waals surface area contributed by atoms with Gasteiger partial charge in [-0.1, -0.05) is 29.8 Å². The van der Waals surface area contributed by atoms with Crippen LogP contribution in [0.1, 0.15) is 31.5 Å². The molecule has 4 rings (SSSR count). The van der Waals surface area contributed by atoms with E-state index >= 15 is 0 Å². The summed E-state index contributed by atoms with van der Waals surface area (Å²) in [4.78, 5) is 12.8. The summed E-state index contributed by atoms with van der Waals surface area (Å²) in [5.41, 5.74) is 3.88. The lowest BCUT2D eigenvalue weighted by molar-refractivity contribution is 0.371. The Balaban J connectivity index is 1.71. The maximum absolute atomic E-state index is 6.29. The van der Waals surface area contributed by atoms with Crippen molar-refractivity contribution in [3.05, 3.63) is 47.4 Å². The molecule has 1 aliphatic heterocycles. The average molecular weight is 327 g/mol. The monoisotopic (exact) mass is 326 g/mol. The van der Waals surface area contributed by atoms with Crippen molar-refractivity contribution in [1.82, 2.24) is 20.3 Å². The Morgan fingerprint density at radius 3 is 2.96 bits per heavy atom. The molecule has 2 N–H and O–H groups in total. The van der Waals surface area contributed by atoms with E-state index in [1.807, 2.05) is 30.5 Å². The van der Waals surface area contributed by atoms with Crippen molar-refractivity contribution < 1.29 is 0 Å². The van der Waals surface area contributed by atoms with E-state index in [0.717, 1.165) is 52.5 Å². The molecule has 1 aromatic carbocycles. The van der Waals surface area contributed by atoms with Gasteiger partial charge in [-0.3, -0.25) is 0 Å². The molecular weight excluding hydrogens is 308 g/mol. The molecule has 1 saturated heterocycles. The zero-order chi connectivity index (χ0) is 15.8. The lowest BCUT2D eigenvalue weighted by atomic mass is 9.92. The third kappa shape index (κ3) is 2.84. The Bertz CT molecular complexity index is 842. The van der Waals surface area contributed by atoms with E-state index in [2.05, 4.69) is 28.3 Å². The molecule has 0 amide bonds. The summed E-state index contributed by atoms with van der Waals surface area (Å²) in [6.45, 7) is 3.25. The van der Waals surface area contributed by atoms with Crippen LogP contribution in [0.25, 0.3) is 22.3 Å². The number of hydrogen-bond donors (Lipinski definition) is 2. The summed E-state index contributed by atoms with van der Waals surface area (Å²) < 4.78 is 0. The van der Waals surface area contributed by atoms with Gasteiger partial charge >= 0.3 is 0 Å². The molecule has 23 heavy (non-hydrogen) atoms. The predicted molar refractivity (Wildman–Crippen MR) is 93.8 cm³/mol. The van der Waals surface area contributed by atoms with E-state index < -0.39 is 0 Å². The van der Waals surface area contributed by atoms with E-state index in [9.17, 15) is 0 Å². The van der Waals surface area contributed by atoms with Gasteiger partial charge in [0.15, 0.2) is 0 Å². The fourth-order valence-electron chi connectivity index (χ4n) is 3.32. The van der Waals surface area contributed by atoms with Crippen molar-refractivity contribution in [3.63, 3.8) is 0 Å². The molecule has 2 unspecified atom stereocenters. The Morgan fingerprint density at radius 2 is 2.13 bits per heavy atom. The van der Waals surface area contributed by atoms with E-state index in [1.165, 1.54) is 0 Å². The predicted octanol–water partition coefficient (Wildman–Crippen LogP) is 4.13. The number of halogens is 1. The number of nitrogens with one attached hydrogen (secondary N) is 2. The fourth-order valence-corrected chi connectivity index (χ4v) is 3.56. The van der Waals surface area contributed by atoms with Crippen molar-refractivity contribution in [3.8, 4) is 11.3 Å². The fraction of sp³-hybridized carbons (Fsp3) is 0.333. The summed E-state index contributed by atoms with van der Waals surface area (Å²) in [6.07, 6.45) is 4.08. The van der Waals surface area contributed by atoms with Gasteiger partial charge in [-0.05, 0) is 38.4 Å². The highest BCUT2D eigenvalue weighted by Gasteiger charge is 2.22. The standard InChI is InChI=1S/C18H19ClN4/c1-11-8-12(6-7-20-11)18-21-10-17-16(23-18)9-15(22-17)13-4-2-3-5-14(13)19/h2-5,9-12,20,22H,6-8H2,1H3. The van der Waals surface area contributed by atoms with Gasteiger partial charge in [0.2, 0.25) is 0 Å². The number of nitrogens with zero attached hydrogens (tertiary/aromatic N) is 2. The first kappa shape index (κ1) is 14.7. The lowest BCUT2D eigenvalue weighted by Crippen LogP contribution is -2.35. The number of aromatic nitrogens is 3. The number of fused-ring (bicyclic) bond motifs is 1. The van der Waals surface area contributed by atoms with Crippen LogP contribution in [0.3, 0.4) is 0 Å². The number of H-pyrrole nitrogens is 1. The topological polar surface area (TPSA) is 53.6 Å². The van der Waals surface area contributed by atoms with Gasteiger partial charge in [0.05, 0.1) is 17.2 Å². The van der Waals surface area contributed by atoms with Gasteiger partial charge in [0, 0.05) is 28.2 Å². The van der Waals surface area contributed by atoms with Crippen LogP contribution in [0.15, 0.2) is 36.5 Å². The maximum Gasteiger partial charge on any atom is 0.132 e. The average Bonchev–Trinajstić information content (AvgIpc) is 2.98. The largest absolute Gasteiger partial charge is 0.352 e. The maximum atomic E-state index is 6.29. The van der Waals surface area contributed by atoms with E-state index in [-0.39, 0.29) is 0 Å². The van der Waals surface area contributed by atoms with E-state index in [1.54, 1.807) is 0 Å². The van der Waals surface area contributed by atoms with Crippen molar-refractivity contribution in [2.24, 2.45) is 0 Å². The molecular formula is C18H19ClN4. The highest BCUT2D eigenvalue weighted by Crippen LogP contribution is 2.30. The summed E-state index contributed by atoms with van der Waals surface area (Å²) >= 11 is 6.29. The number of rotatable bonds is 2. The SMILES string of the molecule is CC1CC(c2ncc3[nH]c(-c4ccccc4Cl)cc3n2)CCN1. The first-order chi connectivity index (χ1) is 11.2. The summed E-state index contributed by atoms with van der Waals surface area (Å²) in [5, 5.41) is 4.21. The summed E-state index contributed by atoms with van der Waals surface area (Å²) in [5.74, 6) is 1.39. The first-order valence-electron chi connectivity index (χ1n) is 8.04. The molecule has 2 aromatic heterocycles. The van der Waals surface area contributed by atoms with Crippen LogP contribution in [0, 0.1) is 0 Å². The zero-order valence-electron chi connectivity index (χ0n) is 13.0. The van der Waals surface area contributed by atoms with Crippen molar-refractivity contribution in [2.45, 2.75) is 31.7 Å². The number of hydrogen-bond acceptors (Lipinski definition) is 3. The Labute approximate surface area is 140 Å². The van der Waals surface area contributed by atoms with Gasteiger partial charge in [-0.2, -0.15) is 0 Å². The second kappa shape index (κ2) is 5.95. The molecule has 5 heteroatoms. The molecule has 3 heterocycles. The molecule has 118 valence electrons. The van der Waals surface area contributed by atoms with Crippen molar-refractivity contribution in [1.29, 1.82) is 0 Å². The molecule has 0 radical (unpaired) electrons. The summed E-state index contributed by atoms with van der Waals surface area (Å²) in [7, 11) is 0. The number of aromatic amines is 1. The zero-order valence-corrected chi connectivity index (χ0v) is 13.8. The molecule has 0 saturated carbocycles. The minimum atomic E-state index is 0.439. The van der Waals surface area contributed by atoms with Crippen LogP contribution in [0.5, 0.6) is 0 Å². The second-order valence-corrected chi connectivity index (χ2v) is 6.67. The van der Waals surface area contributed by atoms with Gasteiger partial charge in [0.25, 0.3) is 0 Å². The highest BCUT2D eigenvalue weighted by molar-refractivity contribution is 6.33. The molecule has 3 aromatic rings. The van der Waals surface area contributed by atoms with Gasteiger partial charge in [-0.15, -0.1) is 0 Å². The van der Waals surface area contributed by atoms with Gasteiger partial charge < -0.3 is 10.3 Å². The van der Waals surface area contributed by atoms with Crippen LogP contribution in [0.2, 0.25) is 5.02 Å². The molecule has 0 spiro atoms. The van der Waals surface area contributed by atoms with Crippen LogP contribution in [0.4, 0.5) is 0 Å². The normalized spacial score (nSPS) is 21.7. The minimum Gasteiger partial charge on any atom is -0.352 e. The minimum absolute atomic E-state index is 0.439. The number of piperidine rings is 1. The van der Waals surface area contributed by atoms with Crippen molar-refractivity contribution >= 4 is 22.6 Å². The molecule has 1 fully saturated rings. The van der Waals surface area contributed by atoms with E-state index in [0.29, 0.717) is 12.0 Å². The quantitative estimate of drug-likeness (QED) is 0.744. The Kier molecular flexibility index (Phi) is 3.79. The van der Waals surface area contributed by atoms with Crippen LogP contribution in [-0.4, -0.2) is 27.5 Å². The van der Waals surface area contributed by atoms with Gasteiger partial charge in [0.1, 0.15) is 5.82 Å². The Morgan fingerprint density at radius 1 is 1.26 bits per heavy atom. The Hall–Kier alpha value is -1.91. The summed E-state index contributed by atoms with van der Waals surface area (Å²) in [6, 6.07) is 10.4. The van der Waals surface area contributed by atoms with Crippen molar-refractivity contribution in [2.75, 3.05) is 6.54 Å². The second-order valence-electron chi connectivity index (χ2n) is 6.27. The molecule has 2 atom stereocenters. The molecule has 1 aliphatic rings. The molecule has 0 bridgehead atoms. The smallest absolute Gasteiger partial charge is 0.132 e. The third-order valence-corrected chi connectivity index (χ3v) is 4.87. The van der Waals surface area contributed by atoms with Crippen LogP contribution < -0.4 is 5.32 Å².